The second-order valence-corrected chi connectivity index (χ2v) is 6.43. The molecule has 0 spiro atoms. The zero-order valence-electron chi connectivity index (χ0n) is 11.3. The van der Waals surface area contributed by atoms with Crippen LogP contribution in [0.15, 0.2) is 0 Å². The summed E-state index contributed by atoms with van der Waals surface area (Å²) in [6.45, 7) is 12.8. The van der Waals surface area contributed by atoms with Crippen molar-refractivity contribution >= 4 is 11.8 Å². The van der Waals surface area contributed by atoms with Crippen molar-refractivity contribution in [3.63, 3.8) is 0 Å². The van der Waals surface area contributed by atoms with Crippen molar-refractivity contribution in [2.75, 3.05) is 25.4 Å². The van der Waals surface area contributed by atoms with Crippen molar-refractivity contribution in [1.82, 2.24) is 10.2 Å². The first-order chi connectivity index (χ1) is 7.67. The smallest absolute Gasteiger partial charge is 0.0218 e. The van der Waals surface area contributed by atoms with Gasteiger partial charge in [0, 0.05) is 42.7 Å². The van der Waals surface area contributed by atoms with Gasteiger partial charge in [0.15, 0.2) is 0 Å². The predicted octanol–water partition coefficient (Wildman–Crippen LogP) is 2.59. The molecule has 0 radical (unpaired) electrons. The molecule has 0 saturated carbocycles. The monoisotopic (exact) mass is 244 g/mol. The van der Waals surface area contributed by atoms with Crippen molar-refractivity contribution in [2.45, 2.75) is 57.9 Å². The molecule has 1 N–H and O–H groups in total. The van der Waals surface area contributed by atoms with Crippen LogP contribution in [0.1, 0.15) is 40.5 Å². The molecule has 2 nitrogen and oxygen atoms in total. The van der Waals surface area contributed by atoms with Crippen LogP contribution in [0.4, 0.5) is 0 Å². The molecule has 0 aromatic heterocycles. The minimum atomic E-state index is 0.607. The quantitative estimate of drug-likeness (QED) is 0.773. The Kier molecular flexibility index (Phi) is 6.78. The number of nitrogens with zero attached hydrogens (tertiary/aromatic N) is 1. The molecule has 2 unspecified atom stereocenters. The molecular weight excluding hydrogens is 216 g/mol. The first kappa shape index (κ1) is 14.3. The molecule has 2 atom stereocenters. The molecule has 0 aromatic rings. The minimum absolute atomic E-state index is 0.607. The fraction of sp³-hybridized carbons (Fsp3) is 1.00. The Labute approximate surface area is 106 Å². The van der Waals surface area contributed by atoms with Crippen molar-refractivity contribution in [3.05, 3.63) is 0 Å². The van der Waals surface area contributed by atoms with E-state index in [0.717, 1.165) is 17.8 Å². The molecule has 1 aliphatic rings. The normalized spacial score (nSPS) is 24.9. The minimum Gasteiger partial charge on any atom is -0.313 e. The van der Waals surface area contributed by atoms with E-state index in [2.05, 4.69) is 49.7 Å². The summed E-state index contributed by atoms with van der Waals surface area (Å²) in [7, 11) is 0. The third-order valence-electron chi connectivity index (χ3n) is 3.37. The highest BCUT2D eigenvalue weighted by Gasteiger charge is 2.24. The maximum atomic E-state index is 3.58. The van der Waals surface area contributed by atoms with Crippen LogP contribution < -0.4 is 5.32 Å². The van der Waals surface area contributed by atoms with Crippen molar-refractivity contribution in [3.8, 4) is 0 Å². The third-order valence-corrected chi connectivity index (χ3v) is 4.75. The fourth-order valence-corrected chi connectivity index (χ4v) is 3.43. The van der Waals surface area contributed by atoms with E-state index in [0.29, 0.717) is 6.04 Å². The van der Waals surface area contributed by atoms with Crippen LogP contribution in [0, 0.1) is 0 Å². The molecule has 1 fully saturated rings. The Balaban J connectivity index is 2.38. The SMILES string of the molecule is CCC1CN(C(CC)CNC(C)C)CCS1. The highest BCUT2D eigenvalue weighted by atomic mass is 32.2. The van der Waals surface area contributed by atoms with Gasteiger partial charge in [0.1, 0.15) is 0 Å². The Hall–Kier alpha value is 0.270. The van der Waals surface area contributed by atoms with Crippen LogP contribution in [-0.4, -0.2) is 47.6 Å². The molecule has 16 heavy (non-hydrogen) atoms. The number of hydrogen-bond donors (Lipinski definition) is 1. The van der Waals surface area contributed by atoms with E-state index in [1.54, 1.807) is 0 Å². The van der Waals surface area contributed by atoms with E-state index in [1.807, 2.05) is 0 Å². The molecule has 1 heterocycles. The van der Waals surface area contributed by atoms with Crippen LogP contribution in [0.5, 0.6) is 0 Å². The van der Waals surface area contributed by atoms with Gasteiger partial charge in [0.05, 0.1) is 0 Å². The average Bonchev–Trinajstić information content (AvgIpc) is 2.30. The van der Waals surface area contributed by atoms with E-state index in [-0.39, 0.29) is 0 Å². The van der Waals surface area contributed by atoms with E-state index >= 15 is 0 Å². The molecule has 1 saturated heterocycles. The summed E-state index contributed by atoms with van der Waals surface area (Å²) in [6.07, 6.45) is 2.58. The molecule has 0 aliphatic carbocycles. The molecule has 0 aromatic carbocycles. The number of nitrogens with one attached hydrogen (secondary N) is 1. The van der Waals surface area contributed by atoms with E-state index in [9.17, 15) is 0 Å². The standard InChI is InChI=1S/C13H28N2S/c1-5-12(9-14-11(3)4)15-7-8-16-13(6-2)10-15/h11-14H,5-10H2,1-4H3. The zero-order valence-corrected chi connectivity index (χ0v) is 12.1. The molecule has 0 amide bonds. The van der Waals surface area contributed by atoms with E-state index < -0.39 is 0 Å². The number of thioether (sulfide) groups is 1. The van der Waals surface area contributed by atoms with Gasteiger partial charge < -0.3 is 5.32 Å². The molecule has 1 aliphatic heterocycles. The van der Waals surface area contributed by atoms with Gasteiger partial charge in [-0.05, 0) is 12.8 Å². The number of hydrogen-bond acceptors (Lipinski definition) is 3. The highest BCUT2D eigenvalue weighted by molar-refractivity contribution is 8.00. The average molecular weight is 244 g/mol. The second kappa shape index (κ2) is 7.57. The first-order valence-electron chi connectivity index (χ1n) is 6.76. The van der Waals surface area contributed by atoms with Crippen LogP contribution in [0.3, 0.4) is 0 Å². The fourth-order valence-electron chi connectivity index (χ4n) is 2.22. The largest absolute Gasteiger partial charge is 0.313 e. The van der Waals surface area contributed by atoms with Crippen LogP contribution in [0.25, 0.3) is 0 Å². The van der Waals surface area contributed by atoms with Gasteiger partial charge in [0.2, 0.25) is 0 Å². The van der Waals surface area contributed by atoms with Crippen LogP contribution >= 0.6 is 11.8 Å². The lowest BCUT2D eigenvalue weighted by Gasteiger charge is -2.38. The van der Waals surface area contributed by atoms with Gasteiger partial charge in [-0.1, -0.05) is 27.7 Å². The summed E-state index contributed by atoms with van der Waals surface area (Å²) in [5.74, 6) is 1.32. The highest BCUT2D eigenvalue weighted by Crippen LogP contribution is 2.23. The summed E-state index contributed by atoms with van der Waals surface area (Å²) >= 11 is 2.16. The Morgan fingerprint density at radius 2 is 2.12 bits per heavy atom. The van der Waals surface area contributed by atoms with E-state index in [1.165, 1.54) is 31.7 Å². The molecule has 1 rings (SSSR count). The predicted molar refractivity (Wildman–Crippen MR) is 75.3 cm³/mol. The molecule has 96 valence electrons. The van der Waals surface area contributed by atoms with Gasteiger partial charge in [-0.2, -0.15) is 11.8 Å². The molecular formula is C13H28N2S. The van der Waals surface area contributed by atoms with Crippen molar-refractivity contribution in [1.29, 1.82) is 0 Å². The lowest BCUT2D eigenvalue weighted by molar-refractivity contribution is 0.189. The maximum Gasteiger partial charge on any atom is 0.0218 e. The zero-order chi connectivity index (χ0) is 12.0. The molecule has 3 heteroatoms. The summed E-state index contributed by atoms with van der Waals surface area (Å²) in [6, 6.07) is 1.34. The number of rotatable bonds is 6. The molecule has 0 bridgehead atoms. The Morgan fingerprint density at radius 1 is 1.38 bits per heavy atom. The third kappa shape index (κ3) is 4.64. The van der Waals surface area contributed by atoms with Gasteiger partial charge in [-0.3, -0.25) is 4.90 Å². The lowest BCUT2D eigenvalue weighted by Crippen LogP contribution is -2.49. The summed E-state index contributed by atoms with van der Waals surface area (Å²) in [5.41, 5.74) is 0. The van der Waals surface area contributed by atoms with Gasteiger partial charge >= 0.3 is 0 Å². The maximum absolute atomic E-state index is 3.58. The Bertz CT molecular complexity index is 185. The van der Waals surface area contributed by atoms with E-state index in [4.69, 9.17) is 0 Å². The first-order valence-corrected chi connectivity index (χ1v) is 7.81. The Morgan fingerprint density at radius 3 is 2.69 bits per heavy atom. The van der Waals surface area contributed by atoms with Crippen molar-refractivity contribution in [2.24, 2.45) is 0 Å². The second-order valence-electron chi connectivity index (χ2n) is 5.02. The lowest BCUT2D eigenvalue weighted by atomic mass is 10.1. The topological polar surface area (TPSA) is 15.3 Å². The van der Waals surface area contributed by atoms with Gasteiger partial charge in [-0.15, -0.1) is 0 Å². The van der Waals surface area contributed by atoms with Gasteiger partial charge in [-0.25, -0.2) is 0 Å². The summed E-state index contributed by atoms with van der Waals surface area (Å²) in [4.78, 5) is 2.69. The van der Waals surface area contributed by atoms with Crippen LogP contribution in [-0.2, 0) is 0 Å². The van der Waals surface area contributed by atoms with Crippen molar-refractivity contribution < 1.29 is 0 Å². The van der Waals surface area contributed by atoms with Crippen LogP contribution in [0.2, 0.25) is 0 Å². The summed E-state index contributed by atoms with van der Waals surface area (Å²) in [5, 5.41) is 4.44. The van der Waals surface area contributed by atoms with Gasteiger partial charge in [0.25, 0.3) is 0 Å². The summed E-state index contributed by atoms with van der Waals surface area (Å²) < 4.78 is 0.